The lowest BCUT2D eigenvalue weighted by molar-refractivity contribution is -0.0156. The molecule has 4 heteroatoms. The smallest absolute Gasteiger partial charge is 0.148 e. The number of hydrogen-bond acceptors (Lipinski definition) is 4. The van der Waals surface area contributed by atoms with Crippen molar-refractivity contribution in [2.75, 3.05) is 18.7 Å². The molecule has 0 aliphatic carbocycles. The van der Waals surface area contributed by atoms with Gasteiger partial charge in [-0.1, -0.05) is 0 Å². The van der Waals surface area contributed by atoms with Gasteiger partial charge >= 0.3 is 0 Å². The minimum absolute atomic E-state index is 0.285. The molecule has 0 rings (SSSR count). The molecule has 44 valence electrons. The molecule has 0 N–H and O–H groups in total. The first-order valence-electron chi connectivity index (χ1n) is 1.79. The van der Waals surface area contributed by atoms with Gasteiger partial charge in [-0.25, -0.2) is 0 Å². The van der Waals surface area contributed by atoms with E-state index in [0.29, 0.717) is 11.9 Å². The van der Waals surface area contributed by atoms with Gasteiger partial charge in [0.1, 0.15) is 6.79 Å². The van der Waals surface area contributed by atoms with Gasteiger partial charge in [0.15, 0.2) is 0 Å². The van der Waals surface area contributed by atoms with Crippen molar-refractivity contribution in [2.45, 2.75) is 0 Å². The Bertz CT molecular complexity index is 30.1. The Morgan fingerprint density at radius 2 is 1.43 bits per heavy atom. The summed E-state index contributed by atoms with van der Waals surface area (Å²) in [5.74, 6) is 0.793. The summed E-state index contributed by atoms with van der Waals surface area (Å²) in [6.07, 6.45) is 0. The molecule has 2 nitrogen and oxygen atoms in total. The Morgan fingerprint density at radius 3 is 1.71 bits per heavy atom. The van der Waals surface area contributed by atoms with Gasteiger partial charge in [-0.05, 0) is 0 Å². The molecule has 0 heterocycles. The molecular weight excluding hydrogens is 132 g/mol. The summed E-state index contributed by atoms with van der Waals surface area (Å²) in [5, 5.41) is 0. The van der Waals surface area contributed by atoms with Gasteiger partial charge in [-0.15, -0.1) is 0 Å². The zero-order chi connectivity index (χ0) is 5.54. The fourth-order valence-corrected chi connectivity index (χ4v) is 0.283. The van der Waals surface area contributed by atoms with Gasteiger partial charge in [0.25, 0.3) is 0 Å². The van der Waals surface area contributed by atoms with Crippen LogP contribution >= 0.6 is 25.3 Å². The third kappa shape index (κ3) is 6.62. The highest BCUT2D eigenvalue weighted by Gasteiger charge is 1.77. The third-order valence-corrected chi connectivity index (χ3v) is 0.714. The van der Waals surface area contributed by atoms with Crippen molar-refractivity contribution in [1.82, 2.24) is 0 Å². The van der Waals surface area contributed by atoms with Crippen LogP contribution in [0.2, 0.25) is 0 Å². The molecule has 0 aromatic rings. The van der Waals surface area contributed by atoms with E-state index in [1.807, 2.05) is 0 Å². The molecule has 0 aromatic heterocycles. The highest BCUT2D eigenvalue weighted by Crippen LogP contribution is 1.81. The molecule has 0 unspecified atom stereocenters. The average molecular weight is 140 g/mol. The number of hydrogen-bond donors (Lipinski definition) is 2. The molecule has 0 saturated heterocycles. The molecule has 0 spiro atoms. The highest BCUT2D eigenvalue weighted by atomic mass is 32.1. The van der Waals surface area contributed by atoms with Crippen LogP contribution in [0.15, 0.2) is 0 Å². The van der Waals surface area contributed by atoms with E-state index in [-0.39, 0.29) is 6.79 Å². The van der Waals surface area contributed by atoms with Crippen molar-refractivity contribution in [3.8, 4) is 0 Å². The average Bonchev–Trinajstić information content (AvgIpc) is 1.69. The van der Waals surface area contributed by atoms with Crippen LogP contribution < -0.4 is 0 Å². The normalized spacial score (nSPS) is 9.43. The molecule has 0 fully saturated rings. The van der Waals surface area contributed by atoms with Crippen molar-refractivity contribution in [3.63, 3.8) is 0 Å². The predicted octanol–water partition coefficient (Wildman–Crippen LogP) is 0.752. The van der Waals surface area contributed by atoms with Crippen LogP contribution in [-0.2, 0) is 9.47 Å². The summed E-state index contributed by atoms with van der Waals surface area (Å²) in [6, 6.07) is 0. The first-order chi connectivity index (χ1) is 3.41. The highest BCUT2D eigenvalue weighted by molar-refractivity contribution is 7.80. The zero-order valence-electron chi connectivity index (χ0n) is 3.83. The van der Waals surface area contributed by atoms with E-state index in [1.54, 1.807) is 0 Å². The van der Waals surface area contributed by atoms with Crippen molar-refractivity contribution < 1.29 is 9.47 Å². The van der Waals surface area contributed by atoms with Gasteiger partial charge in [-0.2, -0.15) is 25.3 Å². The van der Waals surface area contributed by atoms with Crippen LogP contribution in [-0.4, -0.2) is 18.7 Å². The van der Waals surface area contributed by atoms with Crippen LogP contribution in [0.4, 0.5) is 0 Å². The maximum Gasteiger partial charge on any atom is 0.148 e. The summed E-state index contributed by atoms with van der Waals surface area (Å²) in [7, 11) is 0. The SMILES string of the molecule is SCOCOCS. The zero-order valence-corrected chi connectivity index (χ0v) is 5.62. The van der Waals surface area contributed by atoms with E-state index in [2.05, 4.69) is 34.7 Å². The van der Waals surface area contributed by atoms with E-state index in [0.717, 1.165) is 0 Å². The molecule has 0 bridgehead atoms. The topological polar surface area (TPSA) is 18.5 Å². The Hall–Kier alpha value is 0.620. The Kier molecular flexibility index (Phi) is 7.21. The quantitative estimate of drug-likeness (QED) is 0.341. The minimum atomic E-state index is 0.285. The summed E-state index contributed by atoms with van der Waals surface area (Å²) in [6.45, 7) is 0.285. The number of thiol groups is 2. The van der Waals surface area contributed by atoms with Crippen LogP contribution in [0.1, 0.15) is 0 Å². The molecule has 0 aliphatic rings. The molecule has 0 aliphatic heterocycles. The third-order valence-electron chi connectivity index (χ3n) is 0.349. The number of ether oxygens (including phenoxy) is 2. The second-order valence-corrected chi connectivity index (χ2v) is 1.30. The van der Waals surface area contributed by atoms with Crippen LogP contribution in [0.25, 0.3) is 0 Å². The molecule has 0 atom stereocenters. The van der Waals surface area contributed by atoms with Crippen LogP contribution in [0.3, 0.4) is 0 Å². The first kappa shape index (κ1) is 7.62. The van der Waals surface area contributed by atoms with E-state index in [4.69, 9.17) is 0 Å². The van der Waals surface area contributed by atoms with Gasteiger partial charge in [0, 0.05) is 0 Å². The van der Waals surface area contributed by atoms with Crippen molar-refractivity contribution >= 4 is 25.3 Å². The fourth-order valence-electron chi connectivity index (χ4n) is 0.133. The van der Waals surface area contributed by atoms with Gasteiger partial charge in [0.2, 0.25) is 0 Å². The maximum atomic E-state index is 4.67. The van der Waals surface area contributed by atoms with E-state index >= 15 is 0 Å². The van der Waals surface area contributed by atoms with Gasteiger partial charge in [0.05, 0.1) is 11.9 Å². The second kappa shape index (κ2) is 6.62. The predicted molar refractivity (Wildman–Crippen MR) is 34.7 cm³/mol. The van der Waals surface area contributed by atoms with E-state index < -0.39 is 0 Å². The van der Waals surface area contributed by atoms with Crippen molar-refractivity contribution in [2.24, 2.45) is 0 Å². The van der Waals surface area contributed by atoms with Gasteiger partial charge in [-0.3, -0.25) is 0 Å². The molecule has 0 amide bonds. The standard InChI is InChI=1S/C3H8O2S2/c6-2-4-1-5-3-7/h6-7H,1-3H2. The molecular formula is C3H8O2S2. The lowest BCUT2D eigenvalue weighted by Gasteiger charge is -1.96. The summed E-state index contributed by atoms with van der Waals surface area (Å²) in [5.41, 5.74) is 0. The molecule has 0 radical (unpaired) electrons. The summed E-state index contributed by atoms with van der Waals surface area (Å²) in [4.78, 5) is 0. The first-order valence-corrected chi connectivity index (χ1v) is 3.05. The Labute approximate surface area is 54.0 Å². The summed E-state index contributed by atoms with van der Waals surface area (Å²) >= 11 is 7.53. The van der Waals surface area contributed by atoms with Crippen LogP contribution in [0.5, 0.6) is 0 Å². The van der Waals surface area contributed by atoms with Gasteiger partial charge < -0.3 is 9.47 Å². The van der Waals surface area contributed by atoms with E-state index in [9.17, 15) is 0 Å². The lowest BCUT2D eigenvalue weighted by Crippen LogP contribution is -1.95. The molecule has 7 heavy (non-hydrogen) atoms. The fraction of sp³-hybridized carbons (Fsp3) is 1.00. The minimum Gasteiger partial charge on any atom is -0.345 e. The van der Waals surface area contributed by atoms with Crippen molar-refractivity contribution in [3.05, 3.63) is 0 Å². The van der Waals surface area contributed by atoms with Crippen LogP contribution in [0, 0.1) is 0 Å². The van der Waals surface area contributed by atoms with E-state index in [1.165, 1.54) is 0 Å². The largest absolute Gasteiger partial charge is 0.345 e. The monoisotopic (exact) mass is 140 g/mol. The molecule has 0 saturated carbocycles. The second-order valence-electron chi connectivity index (χ2n) is 0.784. The lowest BCUT2D eigenvalue weighted by atomic mass is 11.4. The summed E-state index contributed by atoms with van der Waals surface area (Å²) < 4.78 is 9.33. The van der Waals surface area contributed by atoms with Crippen molar-refractivity contribution in [1.29, 1.82) is 0 Å². The molecule has 0 aromatic carbocycles. The Balaban J connectivity index is 2.45. The maximum absolute atomic E-state index is 4.67. The number of rotatable bonds is 4. The Morgan fingerprint density at radius 1 is 1.00 bits per heavy atom.